The largest absolute Gasteiger partial charge is 0.481 e. The van der Waals surface area contributed by atoms with Gasteiger partial charge in [-0.2, -0.15) is 0 Å². The lowest BCUT2D eigenvalue weighted by molar-refractivity contribution is -0.136. The molecular weight excluding hydrogens is 194 g/mol. The minimum Gasteiger partial charge on any atom is -0.481 e. The maximum absolute atomic E-state index is 10.2. The standard InChI is InChI=1S/C8H8O2.C3H9NO/c9-8(10)6-7-4-2-1-3-5-7;1-3(4)5-2/h1-5H,6H2,(H,9,10);3H,4H2,1-2H3. The second-order valence-electron chi connectivity index (χ2n) is 3.00. The number of aliphatic carboxylic acids is 1. The molecule has 0 saturated carbocycles. The summed E-state index contributed by atoms with van der Waals surface area (Å²) in [5, 5.41) is 8.37. The fourth-order valence-corrected chi connectivity index (χ4v) is 0.770. The number of benzene rings is 1. The van der Waals surface area contributed by atoms with Crippen LogP contribution in [0.4, 0.5) is 0 Å². The molecule has 1 rings (SSSR count). The van der Waals surface area contributed by atoms with Crippen LogP contribution in [0.2, 0.25) is 0 Å². The molecule has 0 heterocycles. The van der Waals surface area contributed by atoms with Gasteiger partial charge >= 0.3 is 5.97 Å². The zero-order valence-electron chi connectivity index (χ0n) is 9.01. The van der Waals surface area contributed by atoms with Crippen LogP contribution in [0.15, 0.2) is 30.3 Å². The second kappa shape index (κ2) is 7.96. The first kappa shape index (κ1) is 13.6. The number of ether oxygens (including phenoxy) is 1. The van der Waals surface area contributed by atoms with E-state index in [0.717, 1.165) is 5.56 Å². The lowest BCUT2D eigenvalue weighted by Crippen LogP contribution is -2.15. The van der Waals surface area contributed by atoms with Crippen LogP contribution in [-0.4, -0.2) is 24.4 Å². The highest BCUT2D eigenvalue weighted by Crippen LogP contribution is 1.98. The van der Waals surface area contributed by atoms with Gasteiger partial charge in [0.1, 0.15) is 6.23 Å². The number of carbonyl (C=O) groups is 1. The Morgan fingerprint density at radius 2 is 1.93 bits per heavy atom. The number of methoxy groups -OCH3 is 1. The third-order valence-electron chi connectivity index (χ3n) is 1.57. The fraction of sp³-hybridized carbons (Fsp3) is 0.364. The van der Waals surface area contributed by atoms with Gasteiger partial charge in [-0.25, -0.2) is 0 Å². The quantitative estimate of drug-likeness (QED) is 0.738. The van der Waals surface area contributed by atoms with Crippen LogP contribution < -0.4 is 5.73 Å². The average Bonchev–Trinajstić information content (AvgIpc) is 2.19. The molecule has 0 amide bonds. The molecule has 84 valence electrons. The highest BCUT2D eigenvalue weighted by atomic mass is 16.5. The van der Waals surface area contributed by atoms with Crippen molar-refractivity contribution in [3.8, 4) is 0 Å². The number of carboxylic acid groups (broad SMARTS) is 1. The molecule has 4 nitrogen and oxygen atoms in total. The molecule has 0 bridgehead atoms. The highest BCUT2D eigenvalue weighted by Gasteiger charge is 1.96. The van der Waals surface area contributed by atoms with Gasteiger partial charge in [-0.3, -0.25) is 4.79 Å². The van der Waals surface area contributed by atoms with Crippen LogP contribution in [0.25, 0.3) is 0 Å². The van der Waals surface area contributed by atoms with Crippen LogP contribution in [0, 0.1) is 0 Å². The van der Waals surface area contributed by atoms with Crippen LogP contribution in [0.5, 0.6) is 0 Å². The van der Waals surface area contributed by atoms with E-state index in [2.05, 4.69) is 4.74 Å². The minimum absolute atomic E-state index is 0.112. The first-order chi connectivity index (χ1) is 7.06. The van der Waals surface area contributed by atoms with E-state index in [1.807, 2.05) is 18.2 Å². The molecule has 0 radical (unpaired) electrons. The van der Waals surface area contributed by atoms with Gasteiger partial charge in [-0.15, -0.1) is 0 Å². The molecule has 0 aliphatic heterocycles. The fourth-order valence-electron chi connectivity index (χ4n) is 0.770. The van der Waals surface area contributed by atoms with Gasteiger partial charge in [0.2, 0.25) is 0 Å². The Hall–Kier alpha value is -1.39. The molecule has 3 N–H and O–H groups in total. The second-order valence-corrected chi connectivity index (χ2v) is 3.00. The Morgan fingerprint density at radius 1 is 1.47 bits per heavy atom. The lowest BCUT2D eigenvalue weighted by Gasteiger charge is -1.95. The normalized spacial score (nSPS) is 11.1. The SMILES string of the molecule is COC(C)N.O=C(O)Cc1ccccc1. The Balaban J connectivity index is 0.000000336. The molecule has 15 heavy (non-hydrogen) atoms. The summed E-state index contributed by atoms with van der Waals surface area (Å²) >= 11 is 0. The summed E-state index contributed by atoms with van der Waals surface area (Å²) in [4.78, 5) is 10.2. The Morgan fingerprint density at radius 3 is 2.27 bits per heavy atom. The number of carboxylic acids is 1. The summed E-state index contributed by atoms with van der Waals surface area (Å²) in [6.45, 7) is 1.78. The van der Waals surface area contributed by atoms with E-state index >= 15 is 0 Å². The topological polar surface area (TPSA) is 72.5 Å². The number of rotatable bonds is 3. The molecular formula is C11H17NO3. The van der Waals surface area contributed by atoms with Crippen LogP contribution in [0.3, 0.4) is 0 Å². The molecule has 0 aliphatic rings. The van der Waals surface area contributed by atoms with Gasteiger partial charge in [0.15, 0.2) is 0 Å². The average molecular weight is 211 g/mol. The van der Waals surface area contributed by atoms with Crippen LogP contribution in [-0.2, 0) is 16.0 Å². The molecule has 0 saturated heterocycles. The number of nitrogens with two attached hydrogens (primary N) is 1. The summed E-state index contributed by atoms with van der Waals surface area (Å²) < 4.78 is 4.53. The van der Waals surface area contributed by atoms with Gasteiger partial charge in [0, 0.05) is 7.11 Å². The number of hydrogen-bond acceptors (Lipinski definition) is 3. The predicted molar refractivity (Wildman–Crippen MR) is 58.4 cm³/mol. The molecule has 0 aliphatic carbocycles. The minimum atomic E-state index is -0.786. The van der Waals surface area contributed by atoms with Gasteiger partial charge in [0.05, 0.1) is 6.42 Å². The van der Waals surface area contributed by atoms with E-state index in [1.54, 1.807) is 26.2 Å². The Labute approximate surface area is 89.7 Å². The molecule has 0 aromatic heterocycles. The van der Waals surface area contributed by atoms with E-state index in [4.69, 9.17) is 10.8 Å². The molecule has 1 aromatic rings. The van der Waals surface area contributed by atoms with Crippen molar-refractivity contribution in [3.05, 3.63) is 35.9 Å². The Bertz CT molecular complexity index is 272. The van der Waals surface area contributed by atoms with Crippen molar-refractivity contribution in [1.29, 1.82) is 0 Å². The highest BCUT2D eigenvalue weighted by molar-refractivity contribution is 5.70. The maximum atomic E-state index is 10.2. The predicted octanol–water partition coefficient (Wildman–Crippen LogP) is 1.25. The van der Waals surface area contributed by atoms with Crippen molar-refractivity contribution in [2.45, 2.75) is 19.6 Å². The summed E-state index contributed by atoms with van der Waals surface area (Å²) in [6, 6.07) is 9.13. The van der Waals surface area contributed by atoms with Gasteiger partial charge in [0.25, 0.3) is 0 Å². The van der Waals surface area contributed by atoms with Crippen LogP contribution >= 0.6 is 0 Å². The van der Waals surface area contributed by atoms with E-state index in [9.17, 15) is 4.79 Å². The van der Waals surface area contributed by atoms with Crippen molar-refractivity contribution in [2.24, 2.45) is 5.73 Å². The first-order valence-electron chi connectivity index (χ1n) is 4.60. The molecule has 0 spiro atoms. The smallest absolute Gasteiger partial charge is 0.307 e. The van der Waals surface area contributed by atoms with Crippen molar-refractivity contribution in [1.82, 2.24) is 0 Å². The van der Waals surface area contributed by atoms with Crippen molar-refractivity contribution < 1.29 is 14.6 Å². The zero-order valence-corrected chi connectivity index (χ0v) is 9.01. The maximum Gasteiger partial charge on any atom is 0.307 e. The van der Waals surface area contributed by atoms with E-state index in [1.165, 1.54) is 0 Å². The van der Waals surface area contributed by atoms with Crippen molar-refractivity contribution >= 4 is 5.97 Å². The lowest BCUT2D eigenvalue weighted by atomic mass is 10.2. The zero-order chi connectivity index (χ0) is 11.7. The molecule has 1 unspecified atom stereocenters. The van der Waals surface area contributed by atoms with E-state index in [-0.39, 0.29) is 12.6 Å². The monoisotopic (exact) mass is 211 g/mol. The van der Waals surface area contributed by atoms with E-state index in [0.29, 0.717) is 0 Å². The summed E-state index contributed by atoms with van der Waals surface area (Å²) in [7, 11) is 1.57. The Kier molecular flexibility index (Phi) is 7.23. The third-order valence-corrected chi connectivity index (χ3v) is 1.57. The number of hydrogen-bond donors (Lipinski definition) is 2. The summed E-state index contributed by atoms with van der Waals surface area (Å²) in [5.41, 5.74) is 5.91. The van der Waals surface area contributed by atoms with Crippen molar-refractivity contribution in [3.63, 3.8) is 0 Å². The molecule has 0 fully saturated rings. The summed E-state index contributed by atoms with van der Waals surface area (Å²) in [6.07, 6.45) is -0.00380. The summed E-state index contributed by atoms with van der Waals surface area (Å²) in [5.74, 6) is -0.786. The molecule has 1 aromatic carbocycles. The van der Waals surface area contributed by atoms with Gasteiger partial charge in [-0.1, -0.05) is 30.3 Å². The van der Waals surface area contributed by atoms with Crippen LogP contribution in [0.1, 0.15) is 12.5 Å². The molecule has 1 atom stereocenters. The molecule has 4 heteroatoms. The third kappa shape index (κ3) is 8.93. The van der Waals surface area contributed by atoms with Gasteiger partial charge < -0.3 is 15.6 Å². The van der Waals surface area contributed by atoms with Crippen molar-refractivity contribution in [2.75, 3.05) is 7.11 Å². The first-order valence-corrected chi connectivity index (χ1v) is 4.60. The van der Waals surface area contributed by atoms with Gasteiger partial charge in [-0.05, 0) is 12.5 Å². The van der Waals surface area contributed by atoms with E-state index < -0.39 is 5.97 Å².